The Balaban J connectivity index is 2.03. The van der Waals surface area contributed by atoms with Crippen molar-refractivity contribution in [2.45, 2.75) is 105 Å². The molecule has 0 atom stereocenters. The van der Waals surface area contributed by atoms with Crippen molar-refractivity contribution in [3.05, 3.63) is 60.7 Å². The van der Waals surface area contributed by atoms with Crippen molar-refractivity contribution in [3.8, 4) is 34.1 Å². The first-order valence-corrected chi connectivity index (χ1v) is 17.4. The van der Waals surface area contributed by atoms with Crippen LogP contribution in [0, 0.1) is 0 Å². The molecule has 0 spiro atoms. The van der Waals surface area contributed by atoms with E-state index >= 15 is 0 Å². The third-order valence-electron chi connectivity index (χ3n) is 8.19. The zero-order valence-electron chi connectivity index (χ0n) is 27.7. The molecule has 4 rings (SSSR count). The fourth-order valence-corrected chi connectivity index (χ4v) is 5.77. The molecule has 0 unspecified atom stereocenters. The van der Waals surface area contributed by atoms with Crippen LogP contribution in [0.5, 0.6) is 23.0 Å². The van der Waals surface area contributed by atoms with Gasteiger partial charge in [-0.1, -0.05) is 134 Å². The highest BCUT2D eigenvalue weighted by Crippen LogP contribution is 2.54. The van der Waals surface area contributed by atoms with Crippen molar-refractivity contribution in [2.24, 2.45) is 0 Å². The molecule has 0 saturated heterocycles. The van der Waals surface area contributed by atoms with Crippen molar-refractivity contribution in [2.75, 3.05) is 26.4 Å². The van der Waals surface area contributed by atoms with Crippen LogP contribution < -0.4 is 18.9 Å². The first-order chi connectivity index (χ1) is 21.7. The highest BCUT2D eigenvalue weighted by atomic mass is 16.5. The maximum absolute atomic E-state index is 6.81. The first kappa shape index (κ1) is 33.5. The summed E-state index contributed by atoms with van der Waals surface area (Å²) in [6, 6.07) is 21.4. The molecular formula is C40H54O4. The highest BCUT2D eigenvalue weighted by molar-refractivity contribution is 6.19. The van der Waals surface area contributed by atoms with E-state index in [2.05, 4.69) is 88.4 Å². The van der Waals surface area contributed by atoms with Crippen molar-refractivity contribution in [1.29, 1.82) is 0 Å². The normalized spacial score (nSPS) is 11.3. The lowest BCUT2D eigenvalue weighted by Crippen LogP contribution is -2.08. The predicted octanol–water partition coefficient (Wildman–Crippen LogP) is 11.9. The maximum Gasteiger partial charge on any atom is 0.204 e. The van der Waals surface area contributed by atoms with Crippen molar-refractivity contribution < 1.29 is 18.9 Å². The molecule has 0 amide bonds. The molecule has 4 aromatic rings. The van der Waals surface area contributed by atoms with E-state index in [0.717, 1.165) is 133 Å². The van der Waals surface area contributed by atoms with E-state index < -0.39 is 0 Å². The van der Waals surface area contributed by atoms with Gasteiger partial charge in [-0.2, -0.15) is 0 Å². The van der Waals surface area contributed by atoms with Crippen molar-refractivity contribution in [3.63, 3.8) is 0 Å². The van der Waals surface area contributed by atoms with E-state index in [-0.39, 0.29) is 0 Å². The molecule has 0 aliphatic rings. The summed E-state index contributed by atoms with van der Waals surface area (Å²) in [5, 5.41) is 4.37. The largest absolute Gasteiger partial charge is 0.493 e. The summed E-state index contributed by atoms with van der Waals surface area (Å²) in [6.45, 7) is 11.5. The molecule has 0 radical (unpaired) electrons. The summed E-state index contributed by atoms with van der Waals surface area (Å²) in [5.41, 5.74) is 2.17. The molecule has 0 heterocycles. The fraction of sp³-hybridized carbons (Fsp3) is 0.500. The summed E-state index contributed by atoms with van der Waals surface area (Å²) in [6.07, 6.45) is 13.1. The molecule has 238 valence electrons. The Morgan fingerprint density at radius 1 is 0.432 bits per heavy atom. The van der Waals surface area contributed by atoms with Gasteiger partial charge in [-0.05, 0) is 48.1 Å². The van der Waals surface area contributed by atoms with Crippen LogP contribution in [0.1, 0.15) is 105 Å². The first-order valence-electron chi connectivity index (χ1n) is 17.4. The van der Waals surface area contributed by atoms with Gasteiger partial charge < -0.3 is 18.9 Å². The summed E-state index contributed by atoms with van der Waals surface area (Å²) in [5.74, 6) is 3.21. The van der Waals surface area contributed by atoms with Gasteiger partial charge in [0.2, 0.25) is 5.75 Å². The zero-order valence-corrected chi connectivity index (χ0v) is 27.7. The summed E-state index contributed by atoms with van der Waals surface area (Å²) < 4.78 is 26.9. The van der Waals surface area contributed by atoms with E-state index in [1.165, 1.54) is 0 Å². The van der Waals surface area contributed by atoms with Gasteiger partial charge in [-0.3, -0.25) is 0 Å². The summed E-state index contributed by atoms with van der Waals surface area (Å²) in [4.78, 5) is 0. The molecule has 4 nitrogen and oxygen atoms in total. The minimum atomic E-state index is 0.620. The number of benzene rings is 4. The molecule has 0 N–H and O–H groups in total. The van der Waals surface area contributed by atoms with Gasteiger partial charge in [0.05, 0.1) is 26.4 Å². The number of fused-ring (bicyclic) bond motifs is 3. The number of ether oxygens (including phenoxy) is 4. The van der Waals surface area contributed by atoms with Gasteiger partial charge in [0.1, 0.15) is 5.75 Å². The summed E-state index contributed by atoms with van der Waals surface area (Å²) in [7, 11) is 0. The van der Waals surface area contributed by atoms with Crippen molar-refractivity contribution >= 4 is 21.5 Å². The lowest BCUT2D eigenvalue weighted by molar-refractivity contribution is 0.238. The molecule has 0 fully saturated rings. The van der Waals surface area contributed by atoms with E-state index in [1.807, 2.05) is 0 Å². The average molecular weight is 599 g/mol. The van der Waals surface area contributed by atoms with Gasteiger partial charge in [0.25, 0.3) is 0 Å². The predicted molar refractivity (Wildman–Crippen MR) is 187 cm³/mol. The summed E-state index contributed by atoms with van der Waals surface area (Å²) >= 11 is 0. The molecule has 0 aliphatic heterocycles. The van der Waals surface area contributed by atoms with Gasteiger partial charge in [-0.15, -0.1) is 0 Å². The Labute approximate surface area is 266 Å². The Bertz CT molecular complexity index is 1410. The Morgan fingerprint density at radius 2 is 0.977 bits per heavy atom. The van der Waals surface area contributed by atoms with Gasteiger partial charge in [-0.25, -0.2) is 0 Å². The van der Waals surface area contributed by atoms with Crippen LogP contribution in [0.15, 0.2) is 60.7 Å². The number of hydrogen-bond donors (Lipinski definition) is 0. The molecule has 44 heavy (non-hydrogen) atoms. The fourth-order valence-electron chi connectivity index (χ4n) is 5.77. The second-order valence-corrected chi connectivity index (χ2v) is 11.8. The van der Waals surface area contributed by atoms with E-state index in [1.54, 1.807) is 0 Å². The average Bonchev–Trinajstić information content (AvgIpc) is 3.06. The number of hydrogen-bond acceptors (Lipinski definition) is 4. The standard InChI is InChI=1S/C40H54O4/c1-5-9-16-27-41-34-24-20-23-32-25-26-33-35(31-21-14-13-15-22-31)38(42-28-17-10-6-2)40(44-30-19-12-8-4)39(37(33)36(32)34)43-29-18-11-7-3/h13-15,20-26H,5-12,16-19,27-30H2,1-4H3. The third-order valence-corrected chi connectivity index (χ3v) is 8.19. The monoisotopic (exact) mass is 598 g/mol. The molecule has 0 aliphatic carbocycles. The molecule has 0 saturated carbocycles. The Hall–Kier alpha value is -3.40. The molecular weight excluding hydrogens is 544 g/mol. The van der Waals surface area contributed by atoms with Gasteiger partial charge in [0.15, 0.2) is 11.5 Å². The minimum absolute atomic E-state index is 0.620. The topological polar surface area (TPSA) is 36.9 Å². The van der Waals surface area contributed by atoms with Crippen LogP contribution in [0.3, 0.4) is 0 Å². The quantitative estimate of drug-likeness (QED) is 0.0706. The van der Waals surface area contributed by atoms with Crippen LogP contribution in [0.2, 0.25) is 0 Å². The van der Waals surface area contributed by atoms with E-state index in [9.17, 15) is 0 Å². The van der Waals surface area contributed by atoms with Gasteiger partial charge >= 0.3 is 0 Å². The molecule has 0 aromatic heterocycles. The Kier molecular flexibility index (Phi) is 14.0. The van der Waals surface area contributed by atoms with Crippen LogP contribution in [-0.2, 0) is 0 Å². The maximum atomic E-state index is 6.81. The van der Waals surface area contributed by atoms with Gasteiger partial charge in [0, 0.05) is 16.3 Å². The van der Waals surface area contributed by atoms with Crippen LogP contribution in [-0.4, -0.2) is 26.4 Å². The van der Waals surface area contributed by atoms with Crippen LogP contribution >= 0.6 is 0 Å². The number of rotatable bonds is 21. The highest BCUT2D eigenvalue weighted by Gasteiger charge is 2.27. The Morgan fingerprint density at radius 3 is 1.57 bits per heavy atom. The van der Waals surface area contributed by atoms with Crippen molar-refractivity contribution in [1.82, 2.24) is 0 Å². The van der Waals surface area contributed by atoms with Crippen LogP contribution in [0.4, 0.5) is 0 Å². The third kappa shape index (κ3) is 8.61. The zero-order chi connectivity index (χ0) is 31.0. The molecule has 4 heteroatoms. The second-order valence-electron chi connectivity index (χ2n) is 11.8. The second kappa shape index (κ2) is 18.4. The van der Waals surface area contributed by atoms with E-state index in [0.29, 0.717) is 26.4 Å². The lowest BCUT2D eigenvalue weighted by atomic mass is 9.92. The van der Waals surface area contributed by atoms with E-state index in [4.69, 9.17) is 18.9 Å². The number of unbranched alkanes of at least 4 members (excludes halogenated alkanes) is 8. The van der Waals surface area contributed by atoms with Crippen LogP contribution in [0.25, 0.3) is 32.7 Å². The lowest BCUT2D eigenvalue weighted by Gasteiger charge is -2.24. The SMILES string of the molecule is CCCCCOc1c(OCCCCC)c(OCCCCC)c2c(ccc3cccc(OCCCCC)c32)c1-c1ccccc1. The minimum Gasteiger partial charge on any atom is -0.493 e. The molecule has 4 aromatic carbocycles. The molecule has 0 bridgehead atoms. The smallest absolute Gasteiger partial charge is 0.204 e.